The molecule has 1 heterocycles. The molecule has 0 radical (unpaired) electrons. The molecule has 0 atom stereocenters. The van der Waals surface area contributed by atoms with Gasteiger partial charge in [-0.3, -0.25) is 0 Å². The van der Waals surface area contributed by atoms with E-state index in [1.54, 1.807) is 0 Å². The third kappa shape index (κ3) is 2.11. The van der Waals surface area contributed by atoms with Gasteiger partial charge < -0.3 is 0 Å². The molecule has 1 heteroatoms. The van der Waals surface area contributed by atoms with Crippen molar-refractivity contribution in [3.63, 3.8) is 0 Å². The van der Waals surface area contributed by atoms with Crippen LogP contribution in [0.4, 0.5) is 0 Å². The van der Waals surface area contributed by atoms with Crippen LogP contribution in [-0.4, -0.2) is 0 Å². The standard InChI is InChI=1S/C16H14S/c1-12-6-8-13(9-7-12)10-14-11-17-16-5-3-2-4-15(14)16/h2-9,11H,10H2,1H3. The van der Waals surface area contributed by atoms with Crippen LogP contribution < -0.4 is 0 Å². The molecule has 0 saturated heterocycles. The summed E-state index contributed by atoms with van der Waals surface area (Å²) in [7, 11) is 0. The van der Waals surface area contributed by atoms with Gasteiger partial charge in [-0.25, -0.2) is 0 Å². The average molecular weight is 238 g/mol. The van der Waals surface area contributed by atoms with E-state index in [4.69, 9.17) is 0 Å². The highest BCUT2D eigenvalue weighted by atomic mass is 32.1. The van der Waals surface area contributed by atoms with Gasteiger partial charge in [-0.1, -0.05) is 48.0 Å². The molecule has 0 unspecified atom stereocenters. The lowest BCUT2D eigenvalue weighted by Gasteiger charge is -2.01. The van der Waals surface area contributed by atoms with Gasteiger partial charge in [0, 0.05) is 4.70 Å². The highest BCUT2D eigenvalue weighted by Gasteiger charge is 2.03. The van der Waals surface area contributed by atoms with Crippen molar-refractivity contribution in [2.45, 2.75) is 13.3 Å². The Bertz CT molecular complexity index is 632. The van der Waals surface area contributed by atoms with Crippen molar-refractivity contribution in [1.29, 1.82) is 0 Å². The second kappa shape index (κ2) is 4.34. The molecule has 17 heavy (non-hydrogen) atoms. The predicted octanol–water partition coefficient (Wildman–Crippen LogP) is 4.80. The van der Waals surface area contributed by atoms with E-state index in [2.05, 4.69) is 60.8 Å². The van der Waals surface area contributed by atoms with Crippen LogP contribution in [0, 0.1) is 6.92 Å². The molecule has 0 amide bonds. The maximum atomic E-state index is 2.28. The summed E-state index contributed by atoms with van der Waals surface area (Å²) in [6.45, 7) is 2.13. The normalized spacial score (nSPS) is 10.9. The van der Waals surface area contributed by atoms with Crippen molar-refractivity contribution in [3.8, 4) is 0 Å². The van der Waals surface area contributed by atoms with Crippen LogP contribution in [-0.2, 0) is 6.42 Å². The van der Waals surface area contributed by atoms with Gasteiger partial charge in [-0.2, -0.15) is 0 Å². The first-order valence-electron chi connectivity index (χ1n) is 5.83. The Kier molecular flexibility index (Phi) is 2.69. The van der Waals surface area contributed by atoms with Crippen LogP contribution in [0.5, 0.6) is 0 Å². The summed E-state index contributed by atoms with van der Waals surface area (Å²) in [4.78, 5) is 0. The highest BCUT2D eigenvalue weighted by molar-refractivity contribution is 7.17. The maximum absolute atomic E-state index is 2.28. The van der Waals surface area contributed by atoms with Crippen molar-refractivity contribution in [1.82, 2.24) is 0 Å². The summed E-state index contributed by atoms with van der Waals surface area (Å²) in [6.07, 6.45) is 1.03. The van der Waals surface area contributed by atoms with Crippen LogP contribution >= 0.6 is 11.3 Å². The number of fused-ring (bicyclic) bond motifs is 1. The molecule has 0 aliphatic heterocycles. The fraction of sp³-hybridized carbons (Fsp3) is 0.125. The molecule has 2 aromatic carbocycles. The second-order valence-corrected chi connectivity index (χ2v) is 5.33. The highest BCUT2D eigenvalue weighted by Crippen LogP contribution is 2.27. The van der Waals surface area contributed by atoms with Crippen molar-refractivity contribution in [3.05, 3.63) is 70.6 Å². The molecule has 0 aliphatic carbocycles. The van der Waals surface area contributed by atoms with Crippen molar-refractivity contribution >= 4 is 21.4 Å². The van der Waals surface area contributed by atoms with Crippen LogP contribution in [0.1, 0.15) is 16.7 Å². The first-order valence-corrected chi connectivity index (χ1v) is 6.71. The van der Waals surface area contributed by atoms with E-state index < -0.39 is 0 Å². The number of benzene rings is 2. The fourth-order valence-corrected chi connectivity index (χ4v) is 3.06. The molecule has 0 saturated carbocycles. The first-order chi connectivity index (χ1) is 8.33. The molecular formula is C16H14S. The predicted molar refractivity (Wildman–Crippen MR) is 75.8 cm³/mol. The third-order valence-corrected chi connectivity index (χ3v) is 4.09. The zero-order valence-corrected chi connectivity index (χ0v) is 10.6. The summed E-state index contributed by atoms with van der Waals surface area (Å²) in [5, 5.41) is 3.68. The summed E-state index contributed by atoms with van der Waals surface area (Å²) in [6, 6.07) is 17.5. The van der Waals surface area contributed by atoms with E-state index in [0.29, 0.717) is 0 Å². The van der Waals surface area contributed by atoms with E-state index >= 15 is 0 Å². The molecule has 84 valence electrons. The zero-order valence-electron chi connectivity index (χ0n) is 9.81. The van der Waals surface area contributed by atoms with Gasteiger partial charge in [0.25, 0.3) is 0 Å². The van der Waals surface area contributed by atoms with Crippen LogP contribution in [0.25, 0.3) is 10.1 Å². The van der Waals surface area contributed by atoms with E-state index in [0.717, 1.165) is 6.42 Å². The Hall–Kier alpha value is -1.60. The smallest absolute Gasteiger partial charge is 0.0345 e. The SMILES string of the molecule is Cc1ccc(Cc2csc3ccccc23)cc1. The Morgan fingerprint density at radius 2 is 1.71 bits per heavy atom. The quantitative estimate of drug-likeness (QED) is 0.601. The van der Waals surface area contributed by atoms with E-state index in [1.807, 2.05) is 11.3 Å². The summed E-state index contributed by atoms with van der Waals surface area (Å²) >= 11 is 1.84. The number of aryl methyl sites for hydroxylation is 1. The van der Waals surface area contributed by atoms with Crippen LogP contribution in [0.3, 0.4) is 0 Å². The van der Waals surface area contributed by atoms with Gasteiger partial charge in [-0.05, 0) is 41.3 Å². The van der Waals surface area contributed by atoms with Crippen LogP contribution in [0.2, 0.25) is 0 Å². The lowest BCUT2D eigenvalue weighted by molar-refractivity contribution is 1.22. The molecule has 3 rings (SSSR count). The fourth-order valence-electron chi connectivity index (χ4n) is 2.10. The molecular weight excluding hydrogens is 224 g/mol. The minimum Gasteiger partial charge on any atom is -0.144 e. The van der Waals surface area contributed by atoms with Gasteiger partial charge in [0.15, 0.2) is 0 Å². The second-order valence-electron chi connectivity index (χ2n) is 4.42. The Labute approximate surface area is 106 Å². The van der Waals surface area contributed by atoms with E-state index in [1.165, 1.54) is 26.8 Å². The third-order valence-electron chi connectivity index (χ3n) is 3.08. The van der Waals surface area contributed by atoms with Gasteiger partial charge >= 0.3 is 0 Å². The number of rotatable bonds is 2. The molecule has 0 spiro atoms. The van der Waals surface area contributed by atoms with E-state index in [9.17, 15) is 0 Å². The molecule has 0 aliphatic rings. The molecule has 0 N–H and O–H groups in total. The minimum absolute atomic E-state index is 1.03. The lowest BCUT2D eigenvalue weighted by Crippen LogP contribution is -1.86. The molecule has 0 bridgehead atoms. The average Bonchev–Trinajstić information content (AvgIpc) is 2.76. The molecule has 1 aromatic heterocycles. The molecule has 0 nitrogen and oxygen atoms in total. The largest absolute Gasteiger partial charge is 0.144 e. The summed E-state index contributed by atoms with van der Waals surface area (Å²) in [5.41, 5.74) is 4.15. The van der Waals surface area contributed by atoms with Gasteiger partial charge in [0.1, 0.15) is 0 Å². The topological polar surface area (TPSA) is 0 Å². The monoisotopic (exact) mass is 238 g/mol. The van der Waals surface area contributed by atoms with Crippen molar-refractivity contribution < 1.29 is 0 Å². The van der Waals surface area contributed by atoms with E-state index in [-0.39, 0.29) is 0 Å². The Morgan fingerprint density at radius 3 is 2.53 bits per heavy atom. The Balaban J connectivity index is 1.97. The molecule has 0 fully saturated rings. The number of hydrogen-bond acceptors (Lipinski definition) is 1. The molecule has 3 aromatic rings. The summed E-state index contributed by atoms with van der Waals surface area (Å²) in [5.74, 6) is 0. The van der Waals surface area contributed by atoms with Crippen LogP contribution in [0.15, 0.2) is 53.9 Å². The van der Waals surface area contributed by atoms with Gasteiger partial charge in [-0.15, -0.1) is 11.3 Å². The number of thiophene rings is 1. The summed E-state index contributed by atoms with van der Waals surface area (Å²) < 4.78 is 1.38. The van der Waals surface area contributed by atoms with Gasteiger partial charge in [0.05, 0.1) is 0 Å². The lowest BCUT2D eigenvalue weighted by atomic mass is 10.0. The van der Waals surface area contributed by atoms with Crippen molar-refractivity contribution in [2.75, 3.05) is 0 Å². The minimum atomic E-state index is 1.03. The first kappa shape index (κ1) is 10.5. The zero-order chi connectivity index (χ0) is 11.7. The maximum Gasteiger partial charge on any atom is 0.0345 e. The Morgan fingerprint density at radius 1 is 0.941 bits per heavy atom. The van der Waals surface area contributed by atoms with Crippen molar-refractivity contribution in [2.24, 2.45) is 0 Å². The van der Waals surface area contributed by atoms with Gasteiger partial charge in [0.2, 0.25) is 0 Å². The number of hydrogen-bond donors (Lipinski definition) is 0.